The molecule has 0 saturated heterocycles. The molecule has 8 nitrogen and oxygen atoms in total. The van der Waals surface area contributed by atoms with Gasteiger partial charge in [-0.15, -0.1) is 0 Å². The van der Waals surface area contributed by atoms with Gasteiger partial charge in [-0.1, -0.05) is 26.0 Å². The number of hydrogen-bond donors (Lipinski definition) is 3. The lowest BCUT2D eigenvalue weighted by molar-refractivity contribution is -0.124. The van der Waals surface area contributed by atoms with E-state index in [9.17, 15) is 14.4 Å². The minimum absolute atomic E-state index is 0.0248. The van der Waals surface area contributed by atoms with E-state index in [4.69, 9.17) is 9.47 Å². The third-order valence-electron chi connectivity index (χ3n) is 4.05. The lowest BCUT2D eigenvalue weighted by Gasteiger charge is -2.13. The first-order valence-electron chi connectivity index (χ1n) is 10.2. The quantitative estimate of drug-likeness (QED) is 0.505. The summed E-state index contributed by atoms with van der Waals surface area (Å²) in [5.41, 5.74) is 5.61. The Morgan fingerprint density at radius 2 is 1.55 bits per heavy atom. The molecule has 0 spiro atoms. The molecule has 3 N–H and O–H groups in total. The Bertz CT molecular complexity index is 881. The van der Waals surface area contributed by atoms with Crippen LogP contribution in [-0.2, 0) is 9.59 Å². The maximum atomic E-state index is 12.4. The third kappa shape index (κ3) is 8.38. The first-order valence-corrected chi connectivity index (χ1v) is 10.2. The molecule has 166 valence electrons. The number of hydrazine groups is 1. The summed E-state index contributed by atoms with van der Waals surface area (Å²) < 4.78 is 11.0. The van der Waals surface area contributed by atoms with Crippen molar-refractivity contribution in [1.82, 2.24) is 10.9 Å². The summed E-state index contributed by atoms with van der Waals surface area (Å²) in [6.07, 6.45) is -0.0996. The largest absolute Gasteiger partial charge is 0.494 e. The van der Waals surface area contributed by atoms with Crippen LogP contribution in [0.25, 0.3) is 0 Å². The molecule has 3 amide bonds. The van der Waals surface area contributed by atoms with Crippen molar-refractivity contribution < 1.29 is 23.9 Å². The molecule has 0 aliphatic heterocycles. The molecule has 0 radical (unpaired) electrons. The molecule has 0 aliphatic carbocycles. The van der Waals surface area contributed by atoms with Crippen molar-refractivity contribution >= 4 is 23.4 Å². The molecule has 8 heteroatoms. The lowest BCUT2D eigenvalue weighted by atomic mass is 10.2. The molecule has 0 fully saturated rings. The fraction of sp³-hybridized carbons (Fsp3) is 0.348. The predicted octanol–water partition coefficient (Wildman–Crippen LogP) is 3.30. The van der Waals surface area contributed by atoms with E-state index in [1.54, 1.807) is 48.5 Å². The van der Waals surface area contributed by atoms with Gasteiger partial charge >= 0.3 is 0 Å². The molecular formula is C23H29N3O5. The van der Waals surface area contributed by atoms with Crippen LogP contribution >= 0.6 is 0 Å². The summed E-state index contributed by atoms with van der Waals surface area (Å²) in [7, 11) is 0. The van der Waals surface area contributed by atoms with Crippen LogP contribution in [0.1, 0.15) is 44.0 Å². The Hall–Kier alpha value is -3.55. The fourth-order valence-electron chi connectivity index (χ4n) is 2.54. The minimum atomic E-state index is -0.494. The summed E-state index contributed by atoms with van der Waals surface area (Å²) in [5, 5.41) is 2.71. The van der Waals surface area contributed by atoms with E-state index in [1.807, 2.05) is 20.8 Å². The van der Waals surface area contributed by atoms with Crippen LogP contribution in [0.2, 0.25) is 0 Å². The molecule has 0 atom stereocenters. The van der Waals surface area contributed by atoms with Gasteiger partial charge in [0.05, 0.1) is 18.8 Å². The number of benzene rings is 2. The van der Waals surface area contributed by atoms with Crippen molar-refractivity contribution in [2.75, 3.05) is 18.5 Å². The van der Waals surface area contributed by atoms with Crippen LogP contribution in [0.15, 0.2) is 48.5 Å². The molecule has 2 aromatic rings. The molecule has 0 aromatic heterocycles. The highest BCUT2D eigenvalue weighted by molar-refractivity contribution is 5.98. The van der Waals surface area contributed by atoms with E-state index in [0.29, 0.717) is 41.9 Å². The zero-order chi connectivity index (χ0) is 22.6. The first-order chi connectivity index (χ1) is 14.9. The van der Waals surface area contributed by atoms with Gasteiger partial charge in [0, 0.05) is 18.5 Å². The van der Waals surface area contributed by atoms with Gasteiger partial charge in [0.1, 0.15) is 11.5 Å². The predicted molar refractivity (Wildman–Crippen MR) is 118 cm³/mol. The molecule has 2 aromatic carbocycles. The number of rotatable bonds is 10. The number of nitrogens with one attached hydrogen (secondary N) is 3. The smallest absolute Gasteiger partial charge is 0.273 e. The number of carbonyl (C=O) groups is 3. The number of para-hydroxylation sites is 1. The van der Waals surface area contributed by atoms with Crippen molar-refractivity contribution in [2.45, 2.75) is 33.6 Å². The maximum absolute atomic E-state index is 12.4. The molecule has 0 aliphatic rings. The van der Waals surface area contributed by atoms with Gasteiger partial charge in [0.25, 0.3) is 5.91 Å². The van der Waals surface area contributed by atoms with Gasteiger partial charge in [0.15, 0.2) is 0 Å². The number of ether oxygens (including phenoxy) is 2. The van der Waals surface area contributed by atoms with Crippen molar-refractivity contribution in [3.8, 4) is 11.5 Å². The molecule has 0 unspecified atom stereocenters. The lowest BCUT2D eigenvalue weighted by Crippen LogP contribution is -2.42. The normalized spacial score (nSPS) is 10.3. The topological polar surface area (TPSA) is 106 Å². The Morgan fingerprint density at radius 3 is 2.23 bits per heavy atom. The third-order valence-corrected chi connectivity index (χ3v) is 4.05. The van der Waals surface area contributed by atoms with Gasteiger partial charge in [0.2, 0.25) is 11.8 Å². The monoisotopic (exact) mass is 427 g/mol. The summed E-state index contributed by atoms with van der Waals surface area (Å²) >= 11 is 0. The van der Waals surface area contributed by atoms with Crippen molar-refractivity contribution in [3.63, 3.8) is 0 Å². The zero-order valence-electron chi connectivity index (χ0n) is 18.1. The second kappa shape index (κ2) is 12.2. The Morgan fingerprint density at radius 1 is 0.871 bits per heavy atom. The second-order valence-electron chi connectivity index (χ2n) is 7.21. The Kier molecular flexibility index (Phi) is 9.35. The van der Waals surface area contributed by atoms with E-state index in [-0.39, 0.29) is 18.7 Å². The average Bonchev–Trinajstić information content (AvgIpc) is 2.76. The van der Waals surface area contributed by atoms with Crippen molar-refractivity contribution in [3.05, 3.63) is 54.1 Å². The van der Waals surface area contributed by atoms with Crippen molar-refractivity contribution in [2.24, 2.45) is 5.92 Å². The van der Waals surface area contributed by atoms with Crippen LogP contribution in [0, 0.1) is 5.92 Å². The summed E-state index contributed by atoms with van der Waals surface area (Å²) in [4.78, 5) is 36.4. The highest BCUT2D eigenvalue weighted by Gasteiger charge is 2.14. The molecule has 0 bridgehead atoms. The van der Waals surface area contributed by atoms with E-state index >= 15 is 0 Å². The zero-order valence-corrected chi connectivity index (χ0v) is 18.1. The fourth-order valence-corrected chi connectivity index (χ4v) is 2.54. The molecule has 2 rings (SSSR count). The number of carbonyl (C=O) groups excluding carboxylic acids is 3. The van der Waals surface area contributed by atoms with Crippen LogP contribution in [0.4, 0.5) is 5.69 Å². The van der Waals surface area contributed by atoms with E-state index in [2.05, 4.69) is 16.2 Å². The first kappa shape index (κ1) is 23.7. The van der Waals surface area contributed by atoms with E-state index in [1.165, 1.54) is 0 Å². The van der Waals surface area contributed by atoms with Gasteiger partial charge in [-0.05, 0) is 49.2 Å². The van der Waals surface area contributed by atoms with Gasteiger partial charge in [-0.25, -0.2) is 0 Å². The van der Waals surface area contributed by atoms with Crippen LogP contribution in [-0.4, -0.2) is 30.9 Å². The number of amides is 3. The van der Waals surface area contributed by atoms with E-state index < -0.39 is 11.8 Å². The Labute approximate surface area is 182 Å². The highest BCUT2D eigenvalue weighted by Crippen LogP contribution is 2.18. The van der Waals surface area contributed by atoms with Crippen LogP contribution in [0.5, 0.6) is 11.5 Å². The van der Waals surface area contributed by atoms with Crippen LogP contribution < -0.4 is 25.6 Å². The molecule has 0 heterocycles. The average molecular weight is 428 g/mol. The standard InChI is InChI=1S/C23H29N3O5/c1-4-30-18-11-9-17(10-12-18)24-21(27)13-14-22(28)25-26-23(29)19-7-5-6-8-20(19)31-15-16(2)3/h5-12,16H,4,13-15H2,1-3H3,(H,24,27)(H,25,28)(H,26,29). The molecular weight excluding hydrogens is 398 g/mol. The van der Waals surface area contributed by atoms with Gasteiger partial charge < -0.3 is 14.8 Å². The van der Waals surface area contributed by atoms with Crippen LogP contribution in [0.3, 0.4) is 0 Å². The summed E-state index contributed by atoms with van der Waals surface area (Å²) in [6.45, 7) is 6.94. The van der Waals surface area contributed by atoms with Gasteiger partial charge in [-0.2, -0.15) is 0 Å². The maximum Gasteiger partial charge on any atom is 0.273 e. The molecule has 0 saturated carbocycles. The van der Waals surface area contributed by atoms with Gasteiger partial charge in [-0.3, -0.25) is 25.2 Å². The van der Waals surface area contributed by atoms with Crippen molar-refractivity contribution in [1.29, 1.82) is 0 Å². The second-order valence-corrected chi connectivity index (χ2v) is 7.21. The summed E-state index contributed by atoms with van der Waals surface area (Å²) in [5.74, 6) is 0.189. The Balaban J connectivity index is 1.76. The number of hydrogen-bond acceptors (Lipinski definition) is 5. The SMILES string of the molecule is CCOc1ccc(NC(=O)CCC(=O)NNC(=O)c2ccccc2OCC(C)C)cc1. The number of anilines is 1. The molecule has 31 heavy (non-hydrogen) atoms. The van der Waals surface area contributed by atoms with E-state index in [0.717, 1.165) is 0 Å². The highest BCUT2D eigenvalue weighted by atomic mass is 16.5. The summed E-state index contributed by atoms with van der Waals surface area (Å²) in [6, 6.07) is 13.8. The minimum Gasteiger partial charge on any atom is -0.494 e.